The molecule has 0 spiro atoms. The molecule has 0 atom stereocenters. The molecule has 0 saturated carbocycles. The lowest BCUT2D eigenvalue weighted by Gasteiger charge is -2.19. The third-order valence-electron chi connectivity index (χ3n) is 1.71. The van der Waals surface area contributed by atoms with Crippen molar-refractivity contribution < 1.29 is 14.3 Å². The number of para-hydroxylation sites is 1. The lowest BCUT2D eigenvalue weighted by molar-refractivity contribution is 0.0650. The molecule has 2 rings (SSSR count). The van der Waals surface area contributed by atoms with Gasteiger partial charge >= 0.3 is 5.97 Å². The Hall–Kier alpha value is -1.22. The van der Waals surface area contributed by atoms with Crippen LogP contribution in [0.25, 0.3) is 0 Å². The quantitative estimate of drug-likeness (QED) is 0.454. The van der Waals surface area contributed by atoms with E-state index in [2.05, 4.69) is 9.85 Å². The molecule has 3 nitrogen and oxygen atoms in total. The van der Waals surface area contributed by atoms with Gasteiger partial charge in [-0.15, -0.1) is 0 Å². The molecule has 0 fully saturated rings. The molecular formula is C11H9IO3. The number of halogens is 1. The molecule has 0 unspecified atom stereocenters. The number of carbonyl (C=O) groups is 1. The molecule has 0 N–H and O–H groups in total. The average Bonchev–Trinajstić information content (AvgIpc) is 2.28. The summed E-state index contributed by atoms with van der Waals surface area (Å²) in [5.41, 5.74) is 0.601. The van der Waals surface area contributed by atoms with Crippen molar-refractivity contribution in [3.63, 3.8) is 0 Å². The third kappa shape index (κ3) is 2.63. The summed E-state index contributed by atoms with van der Waals surface area (Å²) >= 11 is 1.99. The maximum absolute atomic E-state index is 10.7. The van der Waals surface area contributed by atoms with Crippen molar-refractivity contribution in [2.75, 3.05) is 7.11 Å². The largest absolute Gasteiger partial charge is 0.493 e. The van der Waals surface area contributed by atoms with Crippen molar-refractivity contribution in [3.05, 3.63) is 23.8 Å². The molecule has 4 heteroatoms. The Morgan fingerprint density at radius 3 is 2.60 bits per heavy atom. The van der Waals surface area contributed by atoms with Crippen LogP contribution < -0.4 is 9.47 Å². The summed E-state index contributed by atoms with van der Waals surface area (Å²) < 4.78 is 12.3. The number of ether oxygens (including phenoxy) is 2. The second-order valence-electron chi connectivity index (χ2n) is 2.57. The highest BCUT2D eigenvalue weighted by Gasteiger charge is 2.29. The van der Waals surface area contributed by atoms with E-state index in [9.17, 15) is 4.79 Å². The molecule has 0 bridgehead atoms. The minimum absolute atomic E-state index is 0.279. The van der Waals surface area contributed by atoms with E-state index in [1.54, 1.807) is 25.3 Å². The first kappa shape index (κ1) is 11.9. The van der Waals surface area contributed by atoms with Gasteiger partial charge in [0, 0.05) is 22.6 Å². The summed E-state index contributed by atoms with van der Waals surface area (Å²) in [5.74, 6) is 3.56. The van der Waals surface area contributed by atoms with Gasteiger partial charge in [-0.05, 0) is 23.0 Å². The van der Waals surface area contributed by atoms with Crippen LogP contribution in [0.2, 0.25) is 0 Å². The molecule has 1 aromatic carbocycles. The van der Waals surface area contributed by atoms with Crippen LogP contribution in [0.5, 0.6) is 11.5 Å². The van der Waals surface area contributed by atoms with E-state index in [-0.39, 0.29) is 5.97 Å². The van der Waals surface area contributed by atoms with E-state index < -0.39 is 0 Å². The van der Waals surface area contributed by atoms with Gasteiger partial charge in [0.1, 0.15) is 5.56 Å². The van der Waals surface area contributed by atoms with Crippen molar-refractivity contribution >= 4 is 28.6 Å². The van der Waals surface area contributed by atoms with Crippen molar-refractivity contribution in [3.8, 4) is 21.3 Å². The van der Waals surface area contributed by atoms with Crippen LogP contribution in [-0.2, 0) is 0 Å². The van der Waals surface area contributed by atoms with Crippen LogP contribution in [-0.4, -0.2) is 13.1 Å². The van der Waals surface area contributed by atoms with Gasteiger partial charge < -0.3 is 9.47 Å². The van der Waals surface area contributed by atoms with Crippen molar-refractivity contribution in [2.24, 2.45) is 0 Å². The number of hydrogen-bond acceptors (Lipinski definition) is 3. The zero-order chi connectivity index (χ0) is 11.3. The van der Waals surface area contributed by atoms with Crippen LogP contribution in [0.15, 0.2) is 18.2 Å². The number of esters is 1. The normalized spacial score (nSPS) is 10.5. The van der Waals surface area contributed by atoms with E-state index in [4.69, 9.17) is 9.47 Å². The monoisotopic (exact) mass is 316 g/mol. The van der Waals surface area contributed by atoms with Crippen LogP contribution in [0.4, 0.5) is 0 Å². The standard InChI is InChI=1S/C8H6O3.C3H3I/c1-10-6-4-2-3-5-7(6)11-8(5)9;1-2-3-4/h2-4H,1H3;1H3. The molecule has 1 aliphatic heterocycles. The van der Waals surface area contributed by atoms with Gasteiger partial charge in [-0.25, -0.2) is 4.79 Å². The minimum atomic E-state index is -0.279. The summed E-state index contributed by atoms with van der Waals surface area (Å²) in [7, 11) is 1.54. The third-order valence-corrected chi connectivity index (χ3v) is 2.25. The predicted molar refractivity (Wildman–Crippen MR) is 65.4 cm³/mol. The second kappa shape index (κ2) is 5.61. The number of fused-ring (bicyclic) bond motifs is 1. The Kier molecular flexibility index (Phi) is 4.43. The van der Waals surface area contributed by atoms with Gasteiger partial charge in [-0.3, -0.25) is 0 Å². The smallest absolute Gasteiger partial charge is 0.347 e. The summed E-state index contributed by atoms with van der Waals surface area (Å²) in [4.78, 5) is 10.7. The SMILES string of the molecule is CC#CI.COc1cccc2c1OC2=O. The van der Waals surface area contributed by atoms with Gasteiger partial charge in [-0.2, -0.15) is 0 Å². The highest BCUT2D eigenvalue weighted by atomic mass is 127. The maximum Gasteiger partial charge on any atom is 0.347 e. The van der Waals surface area contributed by atoms with Crippen LogP contribution in [0.3, 0.4) is 0 Å². The average molecular weight is 316 g/mol. The molecule has 0 amide bonds. The van der Waals surface area contributed by atoms with E-state index in [0.29, 0.717) is 17.1 Å². The Labute approximate surface area is 102 Å². The van der Waals surface area contributed by atoms with Gasteiger partial charge in [0.2, 0.25) is 0 Å². The van der Waals surface area contributed by atoms with Gasteiger partial charge in [-0.1, -0.05) is 12.0 Å². The van der Waals surface area contributed by atoms with Crippen LogP contribution >= 0.6 is 22.6 Å². The summed E-state index contributed by atoms with van der Waals surface area (Å²) in [5, 5.41) is 0. The molecule has 78 valence electrons. The molecule has 15 heavy (non-hydrogen) atoms. The zero-order valence-corrected chi connectivity index (χ0v) is 10.5. The number of carbonyl (C=O) groups excluding carboxylic acids is 1. The molecule has 1 heterocycles. The van der Waals surface area contributed by atoms with Gasteiger partial charge in [0.15, 0.2) is 11.5 Å². The number of hydrogen-bond donors (Lipinski definition) is 0. The first-order valence-electron chi connectivity index (χ1n) is 4.16. The molecule has 1 aliphatic rings. The summed E-state index contributed by atoms with van der Waals surface area (Å²) in [6.45, 7) is 1.81. The van der Waals surface area contributed by atoms with E-state index in [0.717, 1.165) is 0 Å². The molecule has 0 saturated heterocycles. The molecule has 0 aliphatic carbocycles. The van der Waals surface area contributed by atoms with Crippen LogP contribution in [0.1, 0.15) is 17.3 Å². The van der Waals surface area contributed by atoms with Gasteiger partial charge in [0.25, 0.3) is 0 Å². The van der Waals surface area contributed by atoms with E-state index in [1.807, 2.05) is 29.5 Å². The maximum atomic E-state index is 10.7. The summed E-state index contributed by atoms with van der Waals surface area (Å²) in [6, 6.07) is 5.23. The van der Waals surface area contributed by atoms with Crippen molar-refractivity contribution in [2.45, 2.75) is 6.92 Å². The lowest BCUT2D eigenvalue weighted by Crippen LogP contribution is -2.21. The highest BCUT2D eigenvalue weighted by molar-refractivity contribution is 14.1. The Balaban J connectivity index is 0.000000245. The van der Waals surface area contributed by atoms with Crippen molar-refractivity contribution in [1.82, 2.24) is 0 Å². The number of rotatable bonds is 1. The van der Waals surface area contributed by atoms with Crippen molar-refractivity contribution in [1.29, 1.82) is 0 Å². The topological polar surface area (TPSA) is 35.5 Å². The fourth-order valence-corrected chi connectivity index (χ4v) is 1.04. The predicted octanol–water partition coefficient (Wildman–Crippen LogP) is 2.63. The molecule has 0 radical (unpaired) electrons. The Bertz CT molecular complexity index is 423. The zero-order valence-electron chi connectivity index (χ0n) is 8.33. The number of methoxy groups -OCH3 is 1. The first-order chi connectivity index (χ1) is 7.24. The first-order valence-corrected chi connectivity index (χ1v) is 5.24. The molecular weight excluding hydrogens is 307 g/mol. The van der Waals surface area contributed by atoms with Crippen LogP contribution in [0, 0.1) is 9.85 Å². The van der Waals surface area contributed by atoms with Gasteiger partial charge in [0.05, 0.1) is 7.11 Å². The second-order valence-corrected chi connectivity index (χ2v) is 3.11. The Morgan fingerprint density at radius 1 is 1.47 bits per heavy atom. The van der Waals surface area contributed by atoms with E-state index >= 15 is 0 Å². The highest BCUT2D eigenvalue weighted by Crippen LogP contribution is 2.37. The summed E-state index contributed by atoms with van der Waals surface area (Å²) in [6.07, 6.45) is 0. The molecule has 0 aromatic heterocycles. The van der Waals surface area contributed by atoms with E-state index in [1.165, 1.54) is 0 Å². The minimum Gasteiger partial charge on any atom is -0.493 e. The Morgan fingerprint density at radius 2 is 2.13 bits per heavy atom. The molecule has 1 aromatic rings. The fourth-order valence-electron chi connectivity index (χ4n) is 1.04. The fraction of sp³-hybridized carbons (Fsp3) is 0.182. The number of benzene rings is 1. The lowest BCUT2D eigenvalue weighted by atomic mass is 10.1.